The third kappa shape index (κ3) is 2.65. The number of aliphatic hydroxyl groups is 1. The first kappa shape index (κ1) is 11.4. The van der Waals surface area contributed by atoms with E-state index in [1.165, 1.54) is 0 Å². The summed E-state index contributed by atoms with van der Waals surface area (Å²) in [5, 5.41) is 10.7. The summed E-state index contributed by atoms with van der Waals surface area (Å²) < 4.78 is 0. The van der Waals surface area contributed by atoms with Gasteiger partial charge < -0.3 is 5.11 Å². The van der Waals surface area contributed by atoms with Crippen molar-refractivity contribution in [3.8, 4) is 12.3 Å². The molecule has 1 nitrogen and oxygen atoms in total. The van der Waals surface area contributed by atoms with E-state index in [-0.39, 0.29) is 0 Å². The number of aliphatic hydroxyl groups excluding tert-OH is 1. The first-order valence-corrected chi connectivity index (χ1v) is 4.98. The first-order valence-electron chi connectivity index (χ1n) is 4.22. The summed E-state index contributed by atoms with van der Waals surface area (Å²) in [7, 11) is 0. The van der Waals surface area contributed by atoms with Crippen LogP contribution in [0.25, 0.3) is 0 Å². The average molecular weight is 229 g/mol. The van der Waals surface area contributed by atoms with Gasteiger partial charge in [0.1, 0.15) is 0 Å². The molecule has 0 heterocycles. The van der Waals surface area contributed by atoms with Gasteiger partial charge in [-0.2, -0.15) is 0 Å². The Kier molecular flexibility index (Phi) is 4.28. The maximum Gasteiger partial charge on any atom is 0.0828 e. The van der Waals surface area contributed by atoms with Crippen molar-refractivity contribution in [3.63, 3.8) is 0 Å². The molecule has 1 aromatic rings. The van der Waals surface area contributed by atoms with Gasteiger partial charge in [-0.15, -0.1) is 12.3 Å². The Morgan fingerprint density at radius 2 is 1.93 bits per heavy atom. The van der Waals surface area contributed by atoms with Gasteiger partial charge in [0, 0.05) is 22.0 Å². The maximum atomic E-state index is 9.75. The van der Waals surface area contributed by atoms with Crippen molar-refractivity contribution in [1.82, 2.24) is 0 Å². The van der Waals surface area contributed by atoms with E-state index in [4.69, 9.17) is 29.6 Å². The van der Waals surface area contributed by atoms with Crippen molar-refractivity contribution in [2.24, 2.45) is 0 Å². The van der Waals surface area contributed by atoms with Crippen molar-refractivity contribution in [3.05, 3.63) is 33.8 Å². The number of benzene rings is 1. The van der Waals surface area contributed by atoms with Crippen LogP contribution in [0.2, 0.25) is 10.0 Å². The van der Waals surface area contributed by atoms with E-state index in [2.05, 4.69) is 5.92 Å². The minimum Gasteiger partial charge on any atom is -0.388 e. The van der Waals surface area contributed by atoms with Crippen molar-refractivity contribution in [1.29, 1.82) is 0 Å². The van der Waals surface area contributed by atoms with Crippen LogP contribution in [0.3, 0.4) is 0 Å². The monoisotopic (exact) mass is 228 g/mol. The molecule has 0 amide bonds. The van der Waals surface area contributed by atoms with Crippen molar-refractivity contribution in [2.75, 3.05) is 0 Å². The van der Waals surface area contributed by atoms with Crippen LogP contribution in [0, 0.1) is 12.3 Å². The van der Waals surface area contributed by atoms with Gasteiger partial charge >= 0.3 is 0 Å². The van der Waals surface area contributed by atoms with Crippen molar-refractivity contribution < 1.29 is 5.11 Å². The predicted molar refractivity (Wildman–Crippen MR) is 59.5 cm³/mol. The molecule has 0 aromatic heterocycles. The lowest BCUT2D eigenvalue weighted by molar-refractivity contribution is 0.169. The Morgan fingerprint density at radius 1 is 1.36 bits per heavy atom. The predicted octanol–water partition coefficient (Wildman–Crippen LogP) is 3.44. The number of hydrogen-bond acceptors (Lipinski definition) is 1. The fraction of sp³-hybridized carbons (Fsp3) is 0.273. The molecule has 0 bridgehead atoms. The molecule has 1 unspecified atom stereocenters. The van der Waals surface area contributed by atoms with E-state index in [9.17, 15) is 5.11 Å². The second-order valence-corrected chi connectivity index (χ2v) is 3.71. The highest BCUT2D eigenvalue weighted by molar-refractivity contribution is 6.36. The van der Waals surface area contributed by atoms with Crippen LogP contribution in [0.1, 0.15) is 24.5 Å². The SMILES string of the molecule is C#CCCC(O)c1c(Cl)cccc1Cl. The van der Waals surface area contributed by atoms with Crippen LogP contribution in [0.15, 0.2) is 18.2 Å². The van der Waals surface area contributed by atoms with Crippen LogP contribution >= 0.6 is 23.2 Å². The second kappa shape index (κ2) is 5.26. The van der Waals surface area contributed by atoms with E-state index >= 15 is 0 Å². The van der Waals surface area contributed by atoms with E-state index in [1.54, 1.807) is 18.2 Å². The van der Waals surface area contributed by atoms with Gasteiger partial charge in [0.15, 0.2) is 0 Å². The van der Waals surface area contributed by atoms with Crippen molar-refractivity contribution in [2.45, 2.75) is 18.9 Å². The number of hydrogen-bond donors (Lipinski definition) is 1. The molecule has 0 aliphatic carbocycles. The van der Waals surface area contributed by atoms with Crippen LogP contribution < -0.4 is 0 Å². The standard InChI is InChI=1S/C11H10Cl2O/c1-2-3-7-10(14)11-8(12)5-4-6-9(11)13/h1,4-6,10,14H,3,7H2. The molecule has 0 spiro atoms. The molecule has 0 fully saturated rings. The molecular weight excluding hydrogens is 219 g/mol. The van der Waals surface area contributed by atoms with Crippen LogP contribution in [0.5, 0.6) is 0 Å². The molecule has 0 aliphatic heterocycles. The third-order valence-electron chi connectivity index (χ3n) is 1.90. The molecule has 1 N–H and O–H groups in total. The summed E-state index contributed by atoms with van der Waals surface area (Å²) in [5.74, 6) is 2.46. The zero-order chi connectivity index (χ0) is 10.6. The quantitative estimate of drug-likeness (QED) is 0.787. The van der Waals surface area contributed by atoms with Crippen LogP contribution in [0.4, 0.5) is 0 Å². The highest BCUT2D eigenvalue weighted by Gasteiger charge is 2.14. The zero-order valence-corrected chi connectivity index (χ0v) is 9.02. The Morgan fingerprint density at radius 3 is 2.43 bits per heavy atom. The largest absolute Gasteiger partial charge is 0.388 e. The van der Waals surface area contributed by atoms with Gasteiger partial charge in [0.25, 0.3) is 0 Å². The van der Waals surface area contributed by atoms with Gasteiger partial charge in [-0.25, -0.2) is 0 Å². The lowest BCUT2D eigenvalue weighted by Gasteiger charge is -2.12. The molecule has 3 heteroatoms. The molecule has 0 saturated carbocycles. The topological polar surface area (TPSA) is 20.2 Å². The summed E-state index contributed by atoms with van der Waals surface area (Å²) in [4.78, 5) is 0. The molecule has 1 atom stereocenters. The van der Waals surface area contributed by atoms with Crippen molar-refractivity contribution >= 4 is 23.2 Å². The number of halogens is 2. The van der Waals surface area contributed by atoms with Gasteiger partial charge in [-0.1, -0.05) is 29.3 Å². The summed E-state index contributed by atoms with van der Waals surface area (Å²) in [6.07, 6.45) is 5.39. The fourth-order valence-corrected chi connectivity index (χ4v) is 1.84. The smallest absolute Gasteiger partial charge is 0.0828 e. The molecule has 0 aliphatic rings. The number of rotatable bonds is 3. The van der Waals surface area contributed by atoms with Gasteiger partial charge in [-0.05, 0) is 18.6 Å². The van der Waals surface area contributed by atoms with E-state index in [1.807, 2.05) is 0 Å². The Hall–Kier alpha value is -0.680. The number of terminal acetylenes is 1. The van der Waals surface area contributed by atoms with E-state index < -0.39 is 6.10 Å². The highest BCUT2D eigenvalue weighted by atomic mass is 35.5. The summed E-state index contributed by atoms with van der Waals surface area (Å²) in [6.45, 7) is 0. The lowest BCUT2D eigenvalue weighted by Crippen LogP contribution is -1.98. The molecule has 1 rings (SSSR count). The molecule has 1 aromatic carbocycles. The third-order valence-corrected chi connectivity index (χ3v) is 2.55. The zero-order valence-electron chi connectivity index (χ0n) is 7.50. The van der Waals surface area contributed by atoms with Gasteiger partial charge in [-0.3, -0.25) is 0 Å². The second-order valence-electron chi connectivity index (χ2n) is 2.89. The lowest BCUT2D eigenvalue weighted by atomic mass is 10.1. The first-order chi connectivity index (χ1) is 6.66. The molecule has 0 saturated heterocycles. The Bertz CT molecular complexity index is 335. The maximum absolute atomic E-state index is 9.75. The van der Waals surface area contributed by atoms with E-state index in [0.717, 1.165) is 0 Å². The molecular formula is C11H10Cl2O. The Labute approximate surface area is 93.7 Å². The summed E-state index contributed by atoms with van der Waals surface area (Å²) in [6, 6.07) is 5.13. The van der Waals surface area contributed by atoms with Gasteiger partial charge in [0.05, 0.1) is 6.10 Å². The highest BCUT2D eigenvalue weighted by Crippen LogP contribution is 2.32. The molecule has 14 heavy (non-hydrogen) atoms. The summed E-state index contributed by atoms with van der Waals surface area (Å²) in [5.41, 5.74) is 0.561. The normalized spacial score (nSPS) is 12.1. The van der Waals surface area contributed by atoms with Gasteiger partial charge in [0.2, 0.25) is 0 Å². The molecule has 0 radical (unpaired) electrons. The van der Waals surface area contributed by atoms with E-state index in [0.29, 0.717) is 28.5 Å². The average Bonchev–Trinajstić information content (AvgIpc) is 2.14. The summed E-state index contributed by atoms with van der Waals surface area (Å²) >= 11 is 11.8. The Balaban J connectivity index is 2.89. The van der Waals surface area contributed by atoms with Crippen LogP contribution in [-0.4, -0.2) is 5.11 Å². The van der Waals surface area contributed by atoms with Crippen LogP contribution in [-0.2, 0) is 0 Å². The minimum atomic E-state index is -0.688. The molecule has 74 valence electrons. The fourth-order valence-electron chi connectivity index (χ4n) is 1.19. The minimum absolute atomic E-state index is 0.472.